The van der Waals surface area contributed by atoms with Gasteiger partial charge in [0.1, 0.15) is 23.2 Å². The molecule has 0 saturated carbocycles. The molecule has 6 nitrogen and oxygen atoms in total. The fourth-order valence-corrected chi connectivity index (χ4v) is 2.79. The monoisotopic (exact) mass is 335 g/mol. The van der Waals surface area contributed by atoms with Gasteiger partial charge in [0.2, 0.25) is 0 Å². The van der Waals surface area contributed by atoms with Gasteiger partial charge in [-0.3, -0.25) is 9.48 Å². The Morgan fingerprint density at radius 2 is 1.84 bits per heavy atom. The molecule has 0 radical (unpaired) electrons. The number of rotatable bonds is 2. The van der Waals surface area contributed by atoms with Crippen LogP contribution >= 0.6 is 0 Å². The van der Waals surface area contributed by atoms with E-state index in [4.69, 9.17) is 5.73 Å². The Morgan fingerprint density at radius 1 is 1.12 bits per heavy atom. The summed E-state index contributed by atoms with van der Waals surface area (Å²) in [5.74, 6) is 0.345. The summed E-state index contributed by atoms with van der Waals surface area (Å²) in [6, 6.07) is 13.0. The van der Waals surface area contributed by atoms with Crippen molar-refractivity contribution in [2.45, 2.75) is 0 Å². The average molecular weight is 335 g/mol. The number of H-pyrrole nitrogens is 1. The van der Waals surface area contributed by atoms with Crippen molar-refractivity contribution in [2.24, 2.45) is 7.05 Å². The van der Waals surface area contributed by atoms with Gasteiger partial charge in [0, 0.05) is 12.6 Å². The highest BCUT2D eigenvalue weighted by molar-refractivity contribution is 5.87. The van der Waals surface area contributed by atoms with Crippen molar-refractivity contribution in [3.05, 3.63) is 64.7 Å². The number of hydrogen-bond acceptors (Lipinski definition) is 4. The highest BCUT2D eigenvalue weighted by Gasteiger charge is 2.20. The Kier molecular flexibility index (Phi) is 3.35. The van der Waals surface area contributed by atoms with E-state index in [9.17, 15) is 9.18 Å². The number of anilines is 1. The van der Waals surface area contributed by atoms with Crippen LogP contribution in [-0.2, 0) is 7.05 Å². The third kappa shape index (κ3) is 2.46. The van der Waals surface area contributed by atoms with E-state index >= 15 is 0 Å². The standard InChI is InChI=1S/C18H14FN5O/c1-24-16(20)14(15(23-24)10-6-8-11(19)9-7-10)17-21-13-5-3-2-4-12(13)18(25)22-17/h2-9H,20H2,1H3,(H,21,22,25). The minimum Gasteiger partial charge on any atom is -0.383 e. The number of nitrogens with zero attached hydrogens (tertiary/aromatic N) is 3. The van der Waals surface area contributed by atoms with Gasteiger partial charge in [-0.15, -0.1) is 0 Å². The normalized spacial score (nSPS) is 11.1. The Bertz CT molecular complexity index is 1140. The molecular weight excluding hydrogens is 321 g/mol. The van der Waals surface area contributed by atoms with Crippen LogP contribution in [0.5, 0.6) is 0 Å². The number of fused-ring (bicyclic) bond motifs is 1. The Morgan fingerprint density at radius 3 is 2.60 bits per heavy atom. The first-order chi connectivity index (χ1) is 12.0. The van der Waals surface area contributed by atoms with Crippen LogP contribution in [0, 0.1) is 5.82 Å². The SMILES string of the molecule is Cn1nc(-c2ccc(F)cc2)c(-c2nc3ccccc3c(=O)[nH]2)c1N. The van der Waals surface area contributed by atoms with Crippen molar-refractivity contribution in [3.63, 3.8) is 0 Å². The van der Waals surface area contributed by atoms with E-state index in [1.807, 2.05) is 6.07 Å². The van der Waals surface area contributed by atoms with Gasteiger partial charge in [-0.2, -0.15) is 5.10 Å². The van der Waals surface area contributed by atoms with Crippen LogP contribution in [0.25, 0.3) is 33.5 Å². The Balaban J connectivity index is 2.00. The second-order valence-corrected chi connectivity index (χ2v) is 5.67. The average Bonchev–Trinajstić information content (AvgIpc) is 2.91. The smallest absolute Gasteiger partial charge is 0.259 e. The maximum absolute atomic E-state index is 13.2. The van der Waals surface area contributed by atoms with E-state index in [-0.39, 0.29) is 11.4 Å². The molecule has 0 bridgehead atoms. The van der Waals surface area contributed by atoms with Gasteiger partial charge in [0.05, 0.1) is 16.5 Å². The fourth-order valence-electron chi connectivity index (χ4n) is 2.79. The molecule has 4 aromatic rings. The number of aromatic amines is 1. The number of para-hydroxylation sites is 1. The molecule has 2 aromatic heterocycles. The van der Waals surface area contributed by atoms with Crippen molar-refractivity contribution in [1.29, 1.82) is 0 Å². The molecule has 2 heterocycles. The number of nitrogens with one attached hydrogen (secondary N) is 1. The molecule has 0 atom stereocenters. The van der Waals surface area contributed by atoms with Crippen LogP contribution in [0.1, 0.15) is 0 Å². The summed E-state index contributed by atoms with van der Waals surface area (Å²) in [5.41, 5.74) is 8.19. The summed E-state index contributed by atoms with van der Waals surface area (Å²) < 4.78 is 14.7. The second kappa shape index (κ2) is 5.55. The van der Waals surface area contributed by atoms with Crippen LogP contribution in [-0.4, -0.2) is 19.7 Å². The minimum absolute atomic E-state index is 0.256. The summed E-state index contributed by atoms with van der Waals surface area (Å²) in [5, 5.41) is 4.90. The van der Waals surface area contributed by atoms with E-state index in [0.29, 0.717) is 39.4 Å². The molecule has 4 rings (SSSR count). The van der Waals surface area contributed by atoms with Crippen LogP contribution in [0.2, 0.25) is 0 Å². The lowest BCUT2D eigenvalue weighted by Gasteiger charge is -2.05. The van der Waals surface area contributed by atoms with E-state index in [1.165, 1.54) is 16.8 Å². The predicted molar refractivity (Wildman–Crippen MR) is 94.4 cm³/mol. The lowest BCUT2D eigenvalue weighted by molar-refractivity contribution is 0.628. The molecule has 0 aliphatic rings. The molecule has 3 N–H and O–H groups in total. The summed E-state index contributed by atoms with van der Waals surface area (Å²) in [6.45, 7) is 0. The molecule has 0 aliphatic heterocycles. The molecule has 0 unspecified atom stereocenters. The van der Waals surface area contributed by atoms with E-state index in [0.717, 1.165) is 0 Å². The molecule has 25 heavy (non-hydrogen) atoms. The number of aromatic nitrogens is 4. The first-order valence-corrected chi connectivity index (χ1v) is 7.62. The summed E-state index contributed by atoms with van der Waals surface area (Å²) in [7, 11) is 1.70. The van der Waals surface area contributed by atoms with Crippen LogP contribution < -0.4 is 11.3 Å². The molecule has 0 fully saturated rings. The van der Waals surface area contributed by atoms with Crippen molar-refractivity contribution in [2.75, 3.05) is 5.73 Å². The Labute approximate surface area is 141 Å². The molecule has 0 aliphatic carbocycles. The molecule has 0 saturated heterocycles. The van der Waals surface area contributed by atoms with Crippen LogP contribution in [0.3, 0.4) is 0 Å². The van der Waals surface area contributed by atoms with Crippen molar-refractivity contribution in [1.82, 2.24) is 19.7 Å². The van der Waals surface area contributed by atoms with E-state index in [2.05, 4.69) is 15.1 Å². The molecular formula is C18H14FN5O. The predicted octanol–water partition coefficient (Wildman–Crippen LogP) is 2.71. The van der Waals surface area contributed by atoms with Crippen molar-refractivity contribution < 1.29 is 4.39 Å². The van der Waals surface area contributed by atoms with Gasteiger partial charge in [0.25, 0.3) is 5.56 Å². The van der Waals surface area contributed by atoms with Crippen LogP contribution in [0.4, 0.5) is 10.2 Å². The molecule has 2 aromatic carbocycles. The largest absolute Gasteiger partial charge is 0.383 e. The van der Waals surface area contributed by atoms with Crippen molar-refractivity contribution in [3.8, 4) is 22.6 Å². The highest BCUT2D eigenvalue weighted by atomic mass is 19.1. The second-order valence-electron chi connectivity index (χ2n) is 5.67. The number of nitrogens with two attached hydrogens (primary N) is 1. The zero-order valence-corrected chi connectivity index (χ0v) is 13.3. The number of benzene rings is 2. The highest BCUT2D eigenvalue weighted by Crippen LogP contribution is 2.34. The first kappa shape index (κ1) is 15.1. The molecule has 7 heteroatoms. The fraction of sp³-hybridized carbons (Fsp3) is 0.0556. The van der Waals surface area contributed by atoms with Gasteiger partial charge in [0.15, 0.2) is 0 Å². The lowest BCUT2D eigenvalue weighted by atomic mass is 10.1. The summed E-state index contributed by atoms with van der Waals surface area (Å²) in [4.78, 5) is 19.7. The van der Waals surface area contributed by atoms with Gasteiger partial charge < -0.3 is 10.7 Å². The third-order valence-electron chi connectivity index (χ3n) is 4.06. The minimum atomic E-state index is -0.341. The maximum atomic E-state index is 13.2. The van der Waals surface area contributed by atoms with Gasteiger partial charge in [-0.1, -0.05) is 12.1 Å². The van der Waals surface area contributed by atoms with E-state index < -0.39 is 0 Å². The van der Waals surface area contributed by atoms with Gasteiger partial charge >= 0.3 is 0 Å². The van der Waals surface area contributed by atoms with Gasteiger partial charge in [-0.25, -0.2) is 9.37 Å². The number of hydrogen-bond donors (Lipinski definition) is 2. The lowest BCUT2D eigenvalue weighted by Crippen LogP contribution is -2.10. The zero-order valence-electron chi connectivity index (χ0n) is 13.3. The summed E-state index contributed by atoms with van der Waals surface area (Å²) in [6.07, 6.45) is 0. The third-order valence-corrected chi connectivity index (χ3v) is 4.06. The molecule has 124 valence electrons. The molecule has 0 spiro atoms. The maximum Gasteiger partial charge on any atom is 0.259 e. The van der Waals surface area contributed by atoms with E-state index in [1.54, 1.807) is 37.4 Å². The number of nitrogen functional groups attached to an aromatic ring is 1. The Hall–Kier alpha value is -3.48. The topological polar surface area (TPSA) is 89.6 Å². The number of halogens is 1. The molecule has 0 amide bonds. The first-order valence-electron chi connectivity index (χ1n) is 7.62. The zero-order chi connectivity index (χ0) is 17.6. The quantitative estimate of drug-likeness (QED) is 0.589. The van der Waals surface area contributed by atoms with Gasteiger partial charge in [-0.05, 0) is 36.4 Å². The number of aryl methyl sites for hydroxylation is 1. The summed E-state index contributed by atoms with van der Waals surface area (Å²) >= 11 is 0. The van der Waals surface area contributed by atoms with Crippen LogP contribution in [0.15, 0.2) is 53.3 Å². The van der Waals surface area contributed by atoms with Crippen molar-refractivity contribution >= 4 is 16.7 Å².